The molecule has 0 aromatic heterocycles. The summed E-state index contributed by atoms with van der Waals surface area (Å²) in [5, 5.41) is 0. The standard InChI is InChI=1S/C11H16O2/c1-7(12)9-3-11(4-9)5-10(6-11)8(2)13/h9-10H,3-6H2,1-2H3. The molecule has 0 radical (unpaired) electrons. The highest BCUT2D eigenvalue weighted by atomic mass is 16.1. The third kappa shape index (κ3) is 1.32. The fourth-order valence-corrected chi connectivity index (χ4v) is 2.88. The predicted octanol–water partition coefficient (Wildman–Crippen LogP) is 1.97. The van der Waals surface area contributed by atoms with E-state index in [9.17, 15) is 9.59 Å². The van der Waals surface area contributed by atoms with Gasteiger partial charge in [-0.2, -0.15) is 0 Å². The third-order valence-electron chi connectivity index (χ3n) is 3.87. The van der Waals surface area contributed by atoms with Gasteiger partial charge in [-0.05, 0) is 44.9 Å². The summed E-state index contributed by atoms with van der Waals surface area (Å²) in [7, 11) is 0. The Bertz CT molecular complexity index is 224. The first kappa shape index (κ1) is 8.92. The Hall–Kier alpha value is -0.660. The minimum Gasteiger partial charge on any atom is -0.300 e. The molecule has 2 nitrogen and oxygen atoms in total. The zero-order valence-electron chi connectivity index (χ0n) is 8.30. The Morgan fingerprint density at radius 3 is 1.46 bits per heavy atom. The lowest BCUT2D eigenvalue weighted by atomic mass is 9.47. The number of hydrogen-bond acceptors (Lipinski definition) is 2. The largest absolute Gasteiger partial charge is 0.300 e. The van der Waals surface area contributed by atoms with Crippen LogP contribution >= 0.6 is 0 Å². The minimum atomic E-state index is 0.313. The molecule has 0 bridgehead atoms. The molecule has 2 fully saturated rings. The van der Waals surface area contributed by atoms with Crippen LogP contribution in [0.3, 0.4) is 0 Å². The lowest BCUT2D eigenvalue weighted by Gasteiger charge is -2.56. The van der Waals surface area contributed by atoms with Gasteiger partial charge >= 0.3 is 0 Å². The van der Waals surface area contributed by atoms with Crippen LogP contribution in [0.4, 0.5) is 0 Å². The van der Waals surface area contributed by atoms with Crippen molar-refractivity contribution in [3.05, 3.63) is 0 Å². The molecule has 0 aliphatic heterocycles. The highest BCUT2D eigenvalue weighted by molar-refractivity contribution is 5.81. The molecule has 2 heteroatoms. The first-order valence-electron chi connectivity index (χ1n) is 5.03. The zero-order chi connectivity index (χ0) is 9.64. The van der Waals surface area contributed by atoms with Gasteiger partial charge in [0, 0.05) is 11.8 Å². The van der Waals surface area contributed by atoms with Gasteiger partial charge in [-0.25, -0.2) is 0 Å². The molecule has 13 heavy (non-hydrogen) atoms. The van der Waals surface area contributed by atoms with Crippen LogP contribution in [-0.4, -0.2) is 11.6 Å². The number of ketones is 2. The smallest absolute Gasteiger partial charge is 0.132 e. The second-order valence-corrected chi connectivity index (χ2v) is 4.93. The van der Waals surface area contributed by atoms with Gasteiger partial charge in [-0.1, -0.05) is 0 Å². The monoisotopic (exact) mass is 180 g/mol. The normalized spacial score (nSPS) is 42.3. The topological polar surface area (TPSA) is 34.1 Å². The molecule has 2 aliphatic carbocycles. The summed E-state index contributed by atoms with van der Waals surface area (Å²) in [5.41, 5.74) is 0.409. The van der Waals surface area contributed by atoms with E-state index in [2.05, 4.69) is 0 Å². The Balaban J connectivity index is 1.82. The van der Waals surface area contributed by atoms with Gasteiger partial charge in [-0.3, -0.25) is 9.59 Å². The van der Waals surface area contributed by atoms with E-state index in [1.165, 1.54) is 0 Å². The van der Waals surface area contributed by atoms with Crippen LogP contribution in [0.5, 0.6) is 0 Å². The van der Waals surface area contributed by atoms with Gasteiger partial charge in [-0.15, -0.1) is 0 Å². The summed E-state index contributed by atoms with van der Waals surface area (Å²) < 4.78 is 0. The zero-order valence-corrected chi connectivity index (χ0v) is 8.30. The number of Topliss-reactive ketones (excluding diaryl/α,β-unsaturated/α-hetero) is 2. The average Bonchev–Trinajstić information content (AvgIpc) is 1.78. The van der Waals surface area contributed by atoms with E-state index in [0.717, 1.165) is 25.7 Å². The van der Waals surface area contributed by atoms with Crippen molar-refractivity contribution >= 4 is 11.6 Å². The number of carbonyl (C=O) groups excluding carboxylic acids is 2. The van der Waals surface area contributed by atoms with Crippen molar-refractivity contribution in [1.29, 1.82) is 0 Å². The van der Waals surface area contributed by atoms with Crippen LogP contribution < -0.4 is 0 Å². The van der Waals surface area contributed by atoms with E-state index >= 15 is 0 Å². The van der Waals surface area contributed by atoms with E-state index in [1.54, 1.807) is 13.8 Å². The van der Waals surface area contributed by atoms with Crippen molar-refractivity contribution < 1.29 is 9.59 Å². The maximum absolute atomic E-state index is 11.0. The van der Waals surface area contributed by atoms with Crippen LogP contribution in [0.2, 0.25) is 0 Å². The molecule has 0 aromatic rings. The molecule has 0 atom stereocenters. The van der Waals surface area contributed by atoms with Crippen molar-refractivity contribution in [1.82, 2.24) is 0 Å². The van der Waals surface area contributed by atoms with Gasteiger partial charge in [0.1, 0.15) is 11.6 Å². The minimum absolute atomic E-state index is 0.313. The summed E-state index contributed by atoms with van der Waals surface area (Å²) in [5.74, 6) is 1.29. The molecular formula is C11H16O2. The van der Waals surface area contributed by atoms with Crippen LogP contribution in [0.25, 0.3) is 0 Å². The maximum Gasteiger partial charge on any atom is 0.132 e. The summed E-state index contributed by atoms with van der Waals surface area (Å²) >= 11 is 0. The molecule has 2 aliphatic rings. The summed E-state index contributed by atoms with van der Waals surface area (Å²) in [6.45, 7) is 3.36. The molecule has 0 saturated heterocycles. The van der Waals surface area contributed by atoms with Crippen LogP contribution in [0.1, 0.15) is 39.5 Å². The van der Waals surface area contributed by atoms with Gasteiger partial charge < -0.3 is 0 Å². The molecule has 2 saturated carbocycles. The summed E-state index contributed by atoms with van der Waals surface area (Å²) in [4.78, 5) is 22.0. The van der Waals surface area contributed by atoms with Crippen LogP contribution in [-0.2, 0) is 9.59 Å². The van der Waals surface area contributed by atoms with E-state index in [0.29, 0.717) is 28.8 Å². The Labute approximate surface area is 78.7 Å². The van der Waals surface area contributed by atoms with Crippen molar-refractivity contribution in [2.75, 3.05) is 0 Å². The van der Waals surface area contributed by atoms with Crippen molar-refractivity contribution in [3.8, 4) is 0 Å². The number of carbonyl (C=O) groups is 2. The molecule has 72 valence electrons. The Kier molecular flexibility index (Phi) is 1.83. The third-order valence-corrected chi connectivity index (χ3v) is 3.87. The van der Waals surface area contributed by atoms with E-state index < -0.39 is 0 Å². The van der Waals surface area contributed by atoms with E-state index in [4.69, 9.17) is 0 Å². The lowest BCUT2D eigenvalue weighted by molar-refractivity contribution is -0.144. The fraction of sp³-hybridized carbons (Fsp3) is 0.818. The first-order valence-corrected chi connectivity index (χ1v) is 5.03. The Morgan fingerprint density at radius 2 is 1.23 bits per heavy atom. The molecule has 0 heterocycles. The van der Waals surface area contributed by atoms with Gasteiger partial charge in [0.05, 0.1) is 0 Å². The maximum atomic E-state index is 11.0. The van der Waals surface area contributed by atoms with E-state index in [1.807, 2.05) is 0 Å². The molecule has 0 N–H and O–H groups in total. The quantitative estimate of drug-likeness (QED) is 0.651. The van der Waals surface area contributed by atoms with Gasteiger partial charge in [0.25, 0.3) is 0 Å². The predicted molar refractivity (Wildman–Crippen MR) is 49.2 cm³/mol. The molecule has 0 unspecified atom stereocenters. The summed E-state index contributed by atoms with van der Waals surface area (Å²) in [6.07, 6.45) is 4.19. The highest BCUT2D eigenvalue weighted by Gasteiger charge is 2.54. The Morgan fingerprint density at radius 1 is 0.923 bits per heavy atom. The highest BCUT2D eigenvalue weighted by Crippen LogP contribution is 2.61. The number of rotatable bonds is 2. The molecule has 1 spiro atoms. The number of hydrogen-bond donors (Lipinski definition) is 0. The lowest BCUT2D eigenvalue weighted by Crippen LogP contribution is -2.50. The van der Waals surface area contributed by atoms with Gasteiger partial charge in [0.15, 0.2) is 0 Å². The average molecular weight is 180 g/mol. The molecule has 0 amide bonds. The second kappa shape index (κ2) is 2.66. The van der Waals surface area contributed by atoms with Crippen molar-refractivity contribution in [2.45, 2.75) is 39.5 Å². The van der Waals surface area contributed by atoms with E-state index in [-0.39, 0.29) is 0 Å². The molecule has 2 rings (SSSR count). The van der Waals surface area contributed by atoms with Crippen LogP contribution in [0.15, 0.2) is 0 Å². The first-order chi connectivity index (χ1) is 6.02. The molecule has 0 aromatic carbocycles. The SMILES string of the molecule is CC(=O)C1CC2(C1)CC(C(C)=O)C2. The van der Waals surface area contributed by atoms with Crippen molar-refractivity contribution in [2.24, 2.45) is 17.3 Å². The van der Waals surface area contributed by atoms with Crippen molar-refractivity contribution in [3.63, 3.8) is 0 Å². The molecular weight excluding hydrogens is 164 g/mol. The van der Waals surface area contributed by atoms with Gasteiger partial charge in [0.2, 0.25) is 0 Å². The second-order valence-electron chi connectivity index (χ2n) is 4.93. The fourth-order valence-electron chi connectivity index (χ4n) is 2.88. The summed E-state index contributed by atoms with van der Waals surface area (Å²) in [6, 6.07) is 0. The van der Waals surface area contributed by atoms with Crippen LogP contribution in [0, 0.1) is 17.3 Å².